The Labute approximate surface area is 131 Å². The normalized spacial score (nSPS) is 11.5. The third-order valence-corrected chi connectivity index (χ3v) is 3.13. The van der Waals surface area contributed by atoms with Gasteiger partial charge in [-0.05, 0) is 30.5 Å². The van der Waals surface area contributed by atoms with Crippen LogP contribution in [0.15, 0.2) is 18.2 Å². The number of nitrogens with zero attached hydrogens (tertiary/aromatic N) is 3. The van der Waals surface area contributed by atoms with Crippen molar-refractivity contribution in [3.05, 3.63) is 29.5 Å². The molecule has 0 aliphatic carbocycles. The van der Waals surface area contributed by atoms with E-state index < -0.39 is 11.7 Å². The van der Waals surface area contributed by atoms with Crippen molar-refractivity contribution < 1.29 is 17.9 Å². The lowest BCUT2D eigenvalue weighted by atomic mass is 10.1. The lowest BCUT2D eigenvalue weighted by Crippen LogP contribution is -2.07. The van der Waals surface area contributed by atoms with Crippen molar-refractivity contribution in [3.8, 4) is 23.1 Å². The maximum atomic E-state index is 13.1. The van der Waals surface area contributed by atoms with Crippen LogP contribution in [0.1, 0.15) is 31.5 Å². The van der Waals surface area contributed by atoms with E-state index in [0.717, 1.165) is 18.6 Å². The van der Waals surface area contributed by atoms with Crippen molar-refractivity contribution in [3.63, 3.8) is 0 Å². The summed E-state index contributed by atoms with van der Waals surface area (Å²) in [6, 6.07) is 5.10. The molecule has 0 aliphatic heterocycles. The highest BCUT2D eigenvalue weighted by atomic mass is 19.4. The van der Waals surface area contributed by atoms with Gasteiger partial charge in [-0.1, -0.05) is 19.1 Å². The molecule has 1 heterocycles. The van der Waals surface area contributed by atoms with Crippen molar-refractivity contribution in [1.29, 1.82) is 5.26 Å². The molecule has 122 valence electrons. The van der Waals surface area contributed by atoms with Gasteiger partial charge in [-0.25, -0.2) is 5.10 Å². The van der Waals surface area contributed by atoms with Crippen LogP contribution in [-0.4, -0.2) is 22.0 Å². The van der Waals surface area contributed by atoms with Crippen LogP contribution in [0.25, 0.3) is 11.3 Å². The molecule has 0 atom stereocenters. The summed E-state index contributed by atoms with van der Waals surface area (Å²) in [7, 11) is 0. The van der Waals surface area contributed by atoms with Crippen molar-refractivity contribution in [2.45, 2.75) is 26.4 Å². The average molecular weight is 324 g/mol. The van der Waals surface area contributed by atoms with Crippen LogP contribution in [0.3, 0.4) is 0 Å². The van der Waals surface area contributed by atoms with Crippen LogP contribution in [-0.2, 0) is 6.18 Å². The third kappa shape index (κ3) is 4.22. The maximum Gasteiger partial charge on any atom is 0.416 e. The summed E-state index contributed by atoms with van der Waals surface area (Å²) >= 11 is 0. The average Bonchev–Trinajstić information content (AvgIpc) is 2.94. The van der Waals surface area contributed by atoms with Crippen molar-refractivity contribution in [2.24, 2.45) is 5.92 Å². The molecule has 23 heavy (non-hydrogen) atoms. The number of halogens is 3. The minimum atomic E-state index is -4.53. The second kappa shape index (κ2) is 6.69. The zero-order valence-electron chi connectivity index (χ0n) is 12.6. The molecule has 2 aromatic rings. The number of aromatic nitrogens is 3. The van der Waals surface area contributed by atoms with Crippen molar-refractivity contribution >= 4 is 0 Å². The van der Waals surface area contributed by atoms with Gasteiger partial charge in [0.15, 0.2) is 5.69 Å². The summed E-state index contributed by atoms with van der Waals surface area (Å²) in [5, 5.41) is 18.4. The first-order valence-corrected chi connectivity index (χ1v) is 6.98. The van der Waals surface area contributed by atoms with Gasteiger partial charge in [0.25, 0.3) is 0 Å². The zero-order chi connectivity index (χ0) is 17.0. The molecule has 0 unspecified atom stereocenters. The molecule has 0 saturated carbocycles. The minimum Gasteiger partial charge on any atom is -0.494 e. The summed E-state index contributed by atoms with van der Waals surface area (Å²) in [5.74, 6) is 0.461. The Morgan fingerprint density at radius 3 is 2.65 bits per heavy atom. The standard InChI is InChI=1S/C15H15F3N4O/c1-9(2)3-4-23-12-6-10(5-11(7-12)15(16,17)18)14-13(8-19)20-22-21-14/h5-7,9H,3-4H2,1-2H3,(H,20,21,22). The first-order chi connectivity index (χ1) is 10.8. The minimum absolute atomic E-state index is 0.00236. The molecule has 5 nitrogen and oxygen atoms in total. The monoisotopic (exact) mass is 324 g/mol. The second-order valence-corrected chi connectivity index (χ2v) is 5.42. The zero-order valence-corrected chi connectivity index (χ0v) is 12.6. The summed E-state index contributed by atoms with van der Waals surface area (Å²) in [5.41, 5.74) is -0.670. The van der Waals surface area contributed by atoms with E-state index in [1.54, 1.807) is 0 Å². The predicted molar refractivity (Wildman–Crippen MR) is 76.5 cm³/mol. The number of hydrogen-bond donors (Lipinski definition) is 1. The topological polar surface area (TPSA) is 74.6 Å². The Morgan fingerprint density at radius 1 is 1.30 bits per heavy atom. The van der Waals surface area contributed by atoms with E-state index in [-0.39, 0.29) is 22.7 Å². The molecular formula is C15H15F3N4O. The van der Waals surface area contributed by atoms with Crippen LogP contribution in [0.4, 0.5) is 13.2 Å². The van der Waals surface area contributed by atoms with E-state index in [9.17, 15) is 13.2 Å². The van der Waals surface area contributed by atoms with Gasteiger partial charge in [-0.15, -0.1) is 5.10 Å². The van der Waals surface area contributed by atoms with Gasteiger partial charge in [0.1, 0.15) is 17.5 Å². The number of nitrogens with one attached hydrogen (secondary N) is 1. The second-order valence-electron chi connectivity index (χ2n) is 5.42. The molecule has 0 saturated heterocycles. The highest BCUT2D eigenvalue weighted by molar-refractivity contribution is 5.66. The number of H-pyrrole nitrogens is 1. The van der Waals surface area contributed by atoms with Gasteiger partial charge in [0.2, 0.25) is 0 Å². The smallest absolute Gasteiger partial charge is 0.416 e. The summed E-state index contributed by atoms with van der Waals surface area (Å²) in [6.07, 6.45) is -3.80. The Balaban J connectivity index is 2.40. The fraction of sp³-hybridized carbons (Fsp3) is 0.400. The Bertz CT molecular complexity index is 716. The molecule has 1 aromatic carbocycles. The molecule has 0 fully saturated rings. The van der Waals surface area contributed by atoms with E-state index in [1.165, 1.54) is 6.07 Å². The van der Waals surface area contributed by atoms with E-state index in [2.05, 4.69) is 15.4 Å². The lowest BCUT2D eigenvalue weighted by Gasteiger charge is -2.13. The first kappa shape index (κ1) is 16.8. The number of rotatable bonds is 5. The SMILES string of the molecule is CC(C)CCOc1cc(-c2nn[nH]c2C#N)cc(C(F)(F)F)c1. The third-order valence-electron chi connectivity index (χ3n) is 3.13. The van der Waals surface area contributed by atoms with E-state index in [1.807, 2.05) is 19.9 Å². The maximum absolute atomic E-state index is 13.1. The van der Waals surface area contributed by atoms with Crippen LogP contribution < -0.4 is 4.74 Å². The van der Waals surface area contributed by atoms with E-state index in [4.69, 9.17) is 10.00 Å². The van der Waals surface area contributed by atoms with Gasteiger partial charge in [-0.3, -0.25) is 0 Å². The Kier molecular flexibility index (Phi) is 4.89. The molecule has 0 spiro atoms. The predicted octanol–water partition coefficient (Wildman–Crippen LogP) is 3.79. The van der Waals surface area contributed by atoms with Crippen molar-refractivity contribution in [1.82, 2.24) is 15.4 Å². The molecule has 8 heteroatoms. The molecule has 1 N–H and O–H groups in total. The number of benzene rings is 1. The van der Waals surface area contributed by atoms with Crippen LogP contribution in [0, 0.1) is 17.2 Å². The summed E-state index contributed by atoms with van der Waals surface area (Å²) in [6.45, 7) is 4.30. The lowest BCUT2D eigenvalue weighted by molar-refractivity contribution is -0.137. The van der Waals surface area contributed by atoms with E-state index in [0.29, 0.717) is 12.5 Å². The van der Waals surface area contributed by atoms with Gasteiger partial charge in [0.05, 0.1) is 12.2 Å². The molecule has 0 amide bonds. The first-order valence-electron chi connectivity index (χ1n) is 6.98. The number of aromatic amines is 1. The number of nitriles is 1. The molecule has 2 rings (SSSR count). The largest absolute Gasteiger partial charge is 0.494 e. The highest BCUT2D eigenvalue weighted by Gasteiger charge is 2.32. The highest BCUT2D eigenvalue weighted by Crippen LogP contribution is 2.35. The molecule has 0 aliphatic rings. The van der Waals surface area contributed by atoms with Crippen molar-refractivity contribution in [2.75, 3.05) is 6.61 Å². The van der Waals surface area contributed by atoms with Gasteiger partial charge < -0.3 is 4.74 Å². The number of ether oxygens (including phenoxy) is 1. The Hall–Kier alpha value is -2.56. The molecule has 1 aromatic heterocycles. The summed E-state index contributed by atoms with van der Waals surface area (Å²) in [4.78, 5) is 0. The van der Waals surface area contributed by atoms with Gasteiger partial charge >= 0.3 is 6.18 Å². The number of alkyl halides is 3. The van der Waals surface area contributed by atoms with E-state index >= 15 is 0 Å². The van der Waals surface area contributed by atoms with Gasteiger partial charge in [-0.2, -0.15) is 18.4 Å². The van der Waals surface area contributed by atoms with Crippen LogP contribution in [0.5, 0.6) is 5.75 Å². The molecule has 0 bridgehead atoms. The Morgan fingerprint density at radius 2 is 2.04 bits per heavy atom. The molecule has 0 radical (unpaired) electrons. The summed E-state index contributed by atoms with van der Waals surface area (Å²) < 4.78 is 44.6. The van der Waals surface area contributed by atoms with Crippen LogP contribution in [0.2, 0.25) is 0 Å². The fourth-order valence-electron chi connectivity index (χ4n) is 1.90. The quantitative estimate of drug-likeness (QED) is 0.908. The number of hydrogen-bond acceptors (Lipinski definition) is 4. The molecular weight excluding hydrogens is 309 g/mol. The fourth-order valence-corrected chi connectivity index (χ4v) is 1.90. The van der Waals surface area contributed by atoms with Crippen LogP contribution >= 0.6 is 0 Å². The van der Waals surface area contributed by atoms with Gasteiger partial charge in [0, 0.05) is 5.56 Å².